The van der Waals surface area contributed by atoms with E-state index in [1.807, 2.05) is 0 Å². The summed E-state index contributed by atoms with van der Waals surface area (Å²) in [5.74, 6) is 0. The van der Waals surface area contributed by atoms with Gasteiger partial charge in [0.15, 0.2) is 0 Å². The Kier molecular flexibility index (Phi) is 4.06. The molecule has 1 fully saturated rings. The van der Waals surface area contributed by atoms with E-state index < -0.39 is 0 Å². The zero-order chi connectivity index (χ0) is 12.3. The van der Waals surface area contributed by atoms with Gasteiger partial charge in [0.05, 0.1) is 12.2 Å². The third-order valence-corrected chi connectivity index (χ3v) is 3.43. The van der Waals surface area contributed by atoms with Crippen LogP contribution in [-0.2, 0) is 11.2 Å². The first kappa shape index (κ1) is 12.4. The lowest BCUT2D eigenvalue weighted by atomic mass is 9.99. The lowest BCUT2D eigenvalue weighted by Crippen LogP contribution is -2.36. The van der Waals surface area contributed by atoms with E-state index in [1.54, 1.807) is 0 Å². The molecule has 2 rings (SSSR count). The number of benzene rings is 1. The molecule has 2 atom stereocenters. The van der Waals surface area contributed by atoms with Crippen molar-refractivity contribution in [3.63, 3.8) is 0 Å². The van der Waals surface area contributed by atoms with Gasteiger partial charge in [-0.05, 0) is 50.8 Å². The zero-order valence-corrected chi connectivity index (χ0v) is 11.1. The minimum Gasteiger partial charge on any atom is -0.382 e. The van der Waals surface area contributed by atoms with Gasteiger partial charge in [0.2, 0.25) is 0 Å². The van der Waals surface area contributed by atoms with E-state index in [4.69, 9.17) is 4.74 Å². The molecule has 0 bridgehead atoms. The molecule has 0 saturated carbocycles. The van der Waals surface area contributed by atoms with Gasteiger partial charge in [0.25, 0.3) is 0 Å². The summed E-state index contributed by atoms with van der Waals surface area (Å²) in [4.78, 5) is 0. The third kappa shape index (κ3) is 3.47. The molecule has 1 N–H and O–H groups in total. The van der Waals surface area contributed by atoms with Gasteiger partial charge >= 0.3 is 0 Å². The van der Waals surface area contributed by atoms with Gasteiger partial charge in [-0.1, -0.05) is 19.1 Å². The van der Waals surface area contributed by atoms with Gasteiger partial charge in [0.1, 0.15) is 0 Å². The number of aryl methyl sites for hydroxylation is 1. The Hall–Kier alpha value is -1.02. The Morgan fingerprint density at radius 3 is 2.24 bits per heavy atom. The van der Waals surface area contributed by atoms with Crippen LogP contribution in [0.4, 0.5) is 5.69 Å². The van der Waals surface area contributed by atoms with Crippen LogP contribution in [0.15, 0.2) is 24.3 Å². The maximum absolute atomic E-state index is 5.75. The van der Waals surface area contributed by atoms with Crippen LogP contribution >= 0.6 is 0 Å². The topological polar surface area (TPSA) is 21.3 Å². The number of hydrogen-bond donors (Lipinski definition) is 1. The van der Waals surface area contributed by atoms with Crippen molar-refractivity contribution < 1.29 is 4.74 Å². The predicted molar refractivity (Wildman–Crippen MR) is 72.5 cm³/mol. The fourth-order valence-electron chi connectivity index (χ4n) is 2.60. The molecule has 1 saturated heterocycles. The molecule has 17 heavy (non-hydrogen) atoms. The van der Waals surface area contributed by atoms with Crippen LogP contribution in [0.25, 0.3) is 0 Å². The summed E-state index contributed by atoms with van der Waals surface area (Å²) in [6.07, 6.45) is 4.03. The predicted octanol–water partition coefficient (Wildman–Crippen LogP) is 3.62. The molecule has 2 unspecified atom stereocenters. The molecule has 2 nitrogen and oxygen atoms in total. The summed E-state index contributed by atoms with van der Waals surface area (Å²) in [5, 5.41) is 3.61. The summed E-state index contributed by atoms with van der Waals surface area (Å²) < 4.78 is 5.75. The second-order valence-corrected chi connectivity index (χ2v) is 5.12. The average Bonchev–Trinajstić information content (AvgIpc) is 2.28. The fourth-order valence-corrected chi connectivity index (χ4v) is 2.60. The van der Waals surface area contributed by atoms with Gasteiger partial charge in [-0.2, -0.15) is 0 Å². The van der Waals surface area contributed by atoms with E-state index in [9.17, 15) is 0 Å². The second-order valence-electron chi connectivity index (χ2n) is 5.12. The minimum absolute atomic E-state index is 0.367. The Balaban J connectivity index is 1.95. The van der Waals surface area contributed by atoms with Crippen molar-refractivity contribution in [2.24, 2.45) is 0 Å². The van der Waals surface area contributed by atoms with Crippen molar-refractivity contribution in [1.29, 1.82) is 0 Å². The van der Waals surface area contributed by atoms with E-state index in [0.717, 1.165) is 19.3 Å². The molecular formula is C15H23NO. The summed E-state index contributed by atoms with van der Waals surface area (Å²) in [6.45, 7) is 6.50. The van der Waals surface area contributed by atoms with E-state index >= 15 is 0 Å². The maximum Gasteiger partial charge on any atom is 0.0570 e. The standard InChI is InChI=1S/C15H23NO/c1-4-13-5-7-14(8-6-13)16-15-9-11(2)17-12(3)10-15/h5-8,11-12,15-16H,4,9-10H2,1-3H3. The first-order valence-electron chi connectivity index (χ1n) is 6.68. The molecular weight excluding hydrogens is 210 g/mol. The van der Waals surface area contributed by atoms with E-state index in [1.165, 1.54) is 11.3 Å². The number of rotatable bonds is 3. The van der Waals surface area contributed by atoms with Crippen molar-refractivity contribution >= 4 is 5.69 Å². The molecule has 1 aliphatic rings. The number of nitrogens with one attached hydrogen (secondary N) is 1. The quantitative estimate of drug-likeness (QED) is 0.861. The molecule has 0 aliphatic carbocycles. The number of hydrogen-bond acceptors (Lipinski definition) is 2. The first-order valence-corrected chi connectivity index (χ1v) is 6.68. The molecule has 0 aromatic heterocycles. The van der Waals surface area contributed by atoms with Crippen molar-refractivity contribution in [2.45, 2.75) is 58.3 Å². The summed E-state index contributed by atoms with van der Waals surface area (Å²) in [5.41, 5.74) is 2.62. The Bertz CT molecular complexity index is 336. The highest BCUT2D eigenvalue weighted by molar-refractivity contribution is 5.45. The third-order valence-electron chi connectivity index (χ3n) is 3.43. The van der Waals surface area contributed by atoms with Crippen molar-refractivity contribution in [2.75, 3.05) is 5.32 Å². The smallest absolute Gasteiger partial charge is 0.0570 e. The SMILES string of the molecule is CCc1ccc(NC2CC(C)OC(C)C2)cc1. The molecule has 1 aliphatic heterocycles. The normalized spacial score (nSPS) is 29.0. The van der Waals surface area contributed by atoms with Crippen LogP contribution in [-0.4, -0.2) is 18.2 Å². The minimum atomic E-state index is 0.367. The molecule has 2 heteroatoms. The van der Waals surface area contributed by atoms with Crippen molar-refractivity contribution in [3.8, 4) is 0 Å². The Morgan fingerprint density at radius 2 is 1.71 bits per heavy atom. The highest BCUT2D eigenvalue weighted by atomic mass is 16.5. The highest BCUT2D eigenvalue weighted by Crippen LogP contribution is 2.22. The maximum atomic E-state index is 5.75. The summed E-state index contributed by atoms with van der Waals surface area (Å²) in [6, 6.07) is 9.32. The largest absolute Gasteiger partial charge is 0.382 e. The van der Waals surface area contributed by atoms with Gasteiger partial charge in [-0.25, -0.2) is 0 Å². The van der Waals surface area contributed by atoms with Crippen LogP contribution in [0.2, 0.25) is 0 Å². The monoisotopic (exact) mass is 233 g/mol. The van der Waals surface area contributed by atoms with E-state index in [0.29, 0.717) is 18.2 Å². The molecule has 1 aromatic rings. The van der Waals surface area contributed by atoms with Crippen LogP contribution in [0.5, 0.6) is 0 Å². The van der Waals surface area contributed by atoms with Gasteiger partial charge in [-0.15, -0.1) is 0 Å². The van der Waals surface area contributed by atoms with E-state index in [2.05, 4.69) is 50.4 Å². The van der Waals surface area contributed by atoms with Crippen LogP contribution in [0, 0.1) is 0 Å². The first-order chi connectivity index (χ1) is 8.17. The number of anilines is 1. The zero-order valence-electron chi connectivity index (χ0n) is 11.1. The number of ether oxygens (including phenoxy) is 1. The van der Waals surface area contributed by atoms with Crippen molar-refractivity contribution in [3.05, 3.63) is 29.8 Å². The average molecular weight is 233 g/mol. The highest BCUT2D eigenvalue weighted by Gasteiger charge is 2.23. The summed E-state index contributed by atoms with van der Waals surface area (Å²) in [7, 11) is 0. The molecule has 1 aromatic carbocycles. The Morgan fingerprint density at radius 1 is 1.12 bits per heavy atom. The lowest BCUT2D eigenvalue weighted by molar-refractivity contribution is -0.0337. The lowest BCUT2D eigenvalue weighted by Gasteiger charge is -2.33. The van der Waals surface area contributed by atoms with Gasteiger partial charge < -0.3 is 10.1 Å². The van der Waals surface area contributed by atoms with Gasteiger partial charge in [-0.3, -0.25) is 0 Å². The van der Waals surface area contributed by atoms with Crippen LogP contribution in [0.3, 0.4) is 0 Å². The molecule has 94 valence electrons. The van der Waals surface area contributed by atoms with Gasteiger partial charge in [0, 0.05) is 11.7 Å². The second kappa shape index (κ2) is 5.54. The van der Waals surface area contributed by atoms with Crippen molar-refractivity contribution in [1.82, 2.24) is 0 Å². The molecule has 0 radical (unpaired) electrons. The summed E-state index contributed by atoms with van der Waals surface area (Å²) >= 11 is 0. The molecule has 0 spiro atoms. The molecule has 1 heterocycles. The van der Waals surface area contributed by atoms with Crippen LogP contribution < -0.4 is 5.32 Å². The van der Waals surface area contributed by atoms with E-state index in [-0.39, 0.29) is 0 Å². The molecule has 0 amide bonds. The fraction of sp³-hybridized carbons (Fsp3) is 0.600. The van der Waals surface area contributed by atoms with Crippen LogP contribution in [0.1, 0.15) is 39.2 Å². The Labute approximate surface area is 104 Å².